The van der Waals surface area contributed by atoms with E-state index >= 15 is 0 Å². The molecule has 18 heavy (non-hydrogen) atoms. The fraction of sp³-hybridized carbons (Fsp3) is 0.500. The Morgan fingerprint density at radius 2 is 2.06 bits per heavy atom. The Kier molecular flexibility index (Phi) is 3.04. The van der Waals surface area contributed by atoms with Crippen molar-refractivity contribution in [3.8, 4) is 0 Å². The van der Waals surface area contributed by atoms with Crippen LogP contribution in [0.5, 0.6) is 0 Å². The van der Waals surface area contributed by atoms with Gasteiger partial charge >= 0.3 is 0 Å². The SMILES string of the molecule is NCC1(c2nc3ccc(Cl)cc3[nH]2)CCCCC1. The van der Waals surface area contributed by atoms with Gasteiger partial charge < -0.3 is 10.7 Å². The van der Waals surface area contributed by atoms with Crippen molar-refractivity contribution in [3.05, 3.63) is 29.0 Å². The van der Waals surface area contributed by atoms with Gasteiger partial charge in [0.15, 0.2) is 0 Å². The van der Waals surface area contributed by atoms with Crippen molar-refractivity contribution < 1.29 is 0 Å². The van der Waals surface area contributed by atoms with Crippen molar-refractivity contribution in [3.63, 3.8) is 0 Å². The first-order chi connectivity index (χ1) is 8.73. The standard InChI is InChI=1S/C14H18ClN3/c15-10-4-5-11-12(8-10)18-13(17-11)14(9-16)6-2-1-3-7-14/h4-5,8H,1-3,6-7,9,16H2,(H,17,18). The van der Waals surface area contributed by atoms with Crippen molar-refractivity contribution in [2.24, 2.45) is 5.73 Å². The molecule has 0 atom stereocenters. The Bertz CT molecular complexity index is 555. The van der Waals surface area contributed by atoms with Crippen molar-refractivity contribution in [2.45, 2.75) is 37.5 Å². The molecule has 1 aromatic heterocycles. The maximum atomic E-state index is 6.04. The molecule has 1 fully saturated rings. The largest absolute Gasteiger partial charge is 0.341 e. The summed E-state index contributed by atoms with van der Waals surface area (Å²) < 4.78 is 0. The van der Waals surface area contributed by atoms with Crippen LogP contribution in [0.3, 0.4) is 0 Å². The Morgan fingerprint density at radius 1 is 1.28 bits per heavy atom. The third-order valence-electron chi connectivity index (χ3n) is 4.15. The number of aromatic nitrogens is 2. The number of fused-ring (bicyclic) bond motifs is 1. The molecule has 0 unspecified atom stereocenters. The number of hydrogen-bond acceptors (Lipinski definition) is 2. The van der Waals surface area contributed by atoms with E-state index in [-0.39, 0.29) is 5.41 Å². The predicted octanol–water partition coefficient (Wildman–Crippen LogP) is 3.38. The van der Waals surface area contributed by atoms with Gasteiger partial charge in [0.2, 0.25) is 0 Å². The minimum Gasteiger partial charge on any atom is -0.341 e. The number of aromatic amines is 1. The van der Waals surface area contributed by atoms with Crippen LogP contribution in [0.4, 0.5) is 0 Å². The average molecular weight is 264 g/mol. The zero-order valence-corrected chi connectivity index (χ0v) is 11.1. The Labute approximate surface area is 112 Å². The molecule has 96 valence electrons. The van der Waals surface area contributed by atoms with Crippen LogP contribution in [0.25, 0.3) is 11.0 Å². The highest BCUT2D eigenvalue weighted by Gasteiger charge is 2.35. The molecule has 0 amide bonds. The number of rotatable bonds is 2. The van der Waals surface area contributed by atoms with Gasteiger partial charge in [0, 0.05) is 17.0 Å². The number of hydrogen-bond donors (Lipinski definition) is 2. The smallest absolute Gasteiger partial charge is 0.114 e. The van der Waals surface area contributed by atoms with Crippen LogP contribution >= 0.6 is 11.6 Å². The van der Waals surface area contributed by atoms with Crippen LogP contribution in [-0.4, -0.2) is 16.5 Å². The van der Waals surface area contributed by atoms with E-state index in [9.17, 15) is 0 Å². The summed E-state index contributed by atoms with van der Waals surface area (Å²) in [5, 5.41) is 0.739. The Hall–Kier alpha value is -1.06. The van der Waals surface area contributed by atoms with Gasteiger partial charge in [-0.15, -0.1) is 0 Å². The number of imidazole rings is 1. The molecule has 0 bridgehead atoms. The van der Waals surface area contributed by atoms with Crippen LogP contribution < -0.4 is 5.73 Å². The van der Waals surface area contributed by atoms with E-state index in [1.54, 1.807) is 0 Å². The van der Waals surface area contributed by atoms with E-state index in [4.69, 9.17) is 22.3 Å². The summed E-state index contributed by atoms with van der Waals surface area (Å²) in [5.41, 5.74) is 8.07. The van der Waals surface area contributed by atoms with Crippen molar-refractivity contribution in [1.82, 2.24) is 9.97 Å². The van der Waals surface area contributed by atoms with Crippen LogP contribution in [-0.2, 0) is 5.41 Å². The van der Waals surface area contributed by atoms with Gasteiger partial charge in [0.1, 0.15) is 5.82 Å². The predicted molar refractivity (Wildman–Crippen MR) is 74.9 cm³/mol. The van der Waals surface area contributed by atoms with E-state index in [0.29, 0.717) is 6.54 Å². The van der Waals surface area contributed by atoms with Gasteiger partial charge in [0.25, 0.3) is 0 Å². The van der Waals surface area contributed by atoms with E-state index in [0.717, 1.165) is 34.7 Å². The van der Waals surface area contributed by atoms with Crippen molar-refractivity contribution in [2.75, 3.05) is 6.54 Å². The molecule has 0 saturated heterocycles. The molecular weight excluding hydrogens is 246 g/mol. The molecular formula is C14H18ClN3. The first-order valence-electron chi connectivity index (χ1n) is 6.59. The quantitative estimate of drug-likeness (QED) is 0.873. The molecule has 3 N–H and O–H groups in total. The topological polar surface area (TPSA) is 54.7 Å². The molecule has 1 saturated carbocycles. The van der Waals surface area contributed by atoms with Gasteiger partial charge in [-0.2, -0.15) is 0 Å². The summed E-state index contributed by atoms with van der Waals surface area (Å²) in [6.45, 7) is 0.667. The molecule has 3 rings (SSSR count). The van der Waals surface area contributed by atoms with E-state index in [1.165, 1.54) is 19.3 Å². The Balaban J connectivity index is 2.06. The van der Waals surface area contributed by atoms with Crippen molar-refractivity contribution in [1.29, 1.82) is 0 Å². The van der Waals surface area contributed by atoms with Gasteiger partial charge in [0.05, 0.1) is 11.0 Å². The number of benzene rings is 1. The van der Waals surface area contributed by atoms with Gasteiger partial charge in [-0.05, 0) is 31.0 Å². The van der Waals surface area contributed by atoms with Gasteiger partial charge in [-0.1, -0.05) is 30.9 Å². The third-order valence-corrected chi connectivity index (χ3v) is 4.38. The summed E-state index contributed by atoms with van der Waals surface area (Å²) >= 11 is 6.01. The second-order valence-electron chi connectivity index (χ2n) is 5.29. The van der Waals surface area contributed by atoms with Crippen LogP contribution in [0.1, 0.15) is 37.9 Å². The molecule has 0 aliphatic heterocycles. The van der Waals surface area contributed by atoms with E-state index < -0.39 is 0 Å². The van der Waals surface area contributed by atoms with Crippen LogP contribution in [0, 0.1) is 0 Å². The summed E-state index contributed by atoms with van der Waals surface area (Å²) in [6.07, 6.45) is 6.08. The number of H-pyrrole nitrogens is 1. The lowest BCUT2D eigenvalue weighted by Gasteiger charge is -2.34. The summed E-state index contributed by atoms with van der Waals surface area (Å²) in [4.78, 5) is 8.15. The van der Waals surface area contributed by atoms with Gasteiger partial charge in [-0.25, -0.2) is 4.98 Å². The average Bonchev–Trinajstić information content (AvgIpc) is 2.83. The molecule has 3 nitrogen and oxygen atoms in total. The lowest BCUT2D eigenvalue weighted by atomic mass is 9.73. The second-order valence-corrected chi connectivity index (χ2v) is 5.73. The maximum absolute atomic E-state index is 6.04. The lowest BCUT2D eigenvalue weighted by Crippen LogP contribution is -2.38. The van der Waals surface area contributed by atoms with E-state index in [1.807, 2.05) is 18.2 Å². The zero-order chi connectivity index (χ0) is 12.6. The normalized spacial score (nSPS) is 19.2. The number of nitrogens with one attached hydrogen (secondary N) is 1. The van der Waals surface area contributed by atoms with Crippen LogP contribution in [0.2, 0.25) is 5.02 Å². The minimum absolute atomic E-state index is 0.0454. The lowest BCUT2D eigenvalue weighted by molar-refractivity contribution is 0.288. The molecule has 1 aliphatic carbocycles. The maximum Gasteiger partial charge on any atom is 0.114 e. The Morgan fingerprint density at radius 3 is 2.78 bits per heavy atom. The van der Waals surface area contributed by atoms with E-state index in [2.05, 4.69) is 4.98 Å². The number of nitrogens with zero attached hydrogens (tertiary/aromatic N) is 1. The number of halogens is 1. The zero-order valence-electron chi connectivity index (χ0n) is 10.4. The molecule has 2 aromatic rings. The fourth-order valence-corrected chi connectivity index (χ4v) is 3.17. The number of nitrogens with two attached hydrogens (primary N) is 1. The molecule has 4 heteroatoms. The van der Waals surface area contributed by atoms with Crippen LogP contribution in [0.15, 0.2) is 18.2 Å². The molecule has 0 radical (unpaired) electrons. The summed E-state index contributed by atoms with van der Waals surface area (Å²) in [7, 11) is 0. The third kappa shape index (κ3) is 1.91. The first-order valence-corrected chi connectivity index (χ1v) is 6.97. The highest BCUT2D eigenvalue weighted by Crippen LogP contribution is 2.38. The monoisotopic (exact) mass is 263 g/mol. The highest BCUT2D eigenvalue weighted by molar-refractivity contribution is 6.31. The van der Waals surface area contributed by atoms with Gasteiger partial charge in [-0.3, -0.25) is 0 Å². The van der Waals surface area contributed by atoms with Crippen molar-refractivity contribution >= 4 is 22.6 Å². The summed E-state index contributed by atoms with van der Waals surface area (Å²) in [6, 6.07) is 5.77. The highest BCUT2D eigenvalue weighted by atomic mass is 35.5. The first kappa shape index (κ1) is 12.0. The molecule has 1 aliphatic rings. The summed E-state index contributed by atoms with van der Waals surface area (Å²) in [5.74, 6) is 1.04. The minimum atomic E-state index is 0.0454. The fourth-order valence-electron chi connectivity index (χ4n) is 3.00. The molecule has 1 heterocycles. The second kappa shape index (κ2) is 4.56. The molecule has 1 aromatic carbocycles. The molecule has 0 spiro atoms.